The number of aromatic nitrogens is 1. The fourth-order valence-corrected chi connectivity index (χ4v) is 1.16. The maximum Gasteiger partial charge on any atom is 0.253 e. The Balaban J connectivity index is 2.85. The second-order valence-corrected chi connectivity index (χ2v) is 3.17. The predicted molar refractivity (Wildman–Crippen MR) is 46.9 cm³/mol. The molecule has 14 heavy (non-hydrogen) atoms. The molecule has 0 spiro atoms. The minimum absolute atomic E-state index is 0.0635. The lowest BCUT2D eigenvalue weighted by Crippen LogP contribution is -2.31. The summed E-state index contributed by atoms with van der Waals surface area (Å²) >= 11 is 5.60. The summed E-state index contributed by atoms with van der Waals surface area (Å²) in [7, 11) is 0. The number of alkyl halides is 2. The molecule has 0 aliphatic carbocycles. The van der Waals surface area contributed by atoms with Gasteiger partial charge < -0.3 is 5.73 Å². The van der Waals surface area contributed by atoms with Crippen molar-refractivity contribution in [2.24, 2.45) is 5.73 Å². The number of hydrogen-bond acceptors (Lipinski definition) is 2. The third-order valence-electron chi connectivity index (χ3n) is 1.71. The highest BCUT2D eigenvalue weighted by Gasteiger charge is 2.19. The minimum Gasteiger partial charge on any atom is -0.323 e. The van der Waals surface area contributed by atoms with E-state index in [1.54, 1.807) is 0 Å². The van der Waals surface area contributed by atoms with Gasteiger partial charge in [-0.15, -0.1) is 0 Å². The average molecular weight is 225 g/mol. The number of nitrogens with zero attached hydrogens (tertiary/aromatic N) is 1. The summed E-state index contributed by atoms with van der Waals surface area (Å²) in [6, 6.07) is -0.0933. The molecule has 2 N–H and O–H groups in total. The minimum atomic E-state index is -2.70. The van der Waals surface area contributed by atoms with Crippen LogP contribution < -0.4 is 5.73 Å². The van der Waals surface area contributed by atoms with E-state index in [1.165, 1.54) is 6.07 Å². The number of hydrogen-bond donors (Lipinski definition) is 1. The molecule has 6 heteroatoms. The van der Waals surface area contributed by atoms with Gasteiger partial charge in [0.05, 0.1) is 6.04 Å². The molecule has 0 aliphatic rings. The van der Waals surface area contributed by atoms with Crippen molar-refractivity contribution in [3.05, 3.63) is 28.8 Å². The monoisotopic (exact) mass is 224 g/mol. The van der Waals surface area contributed by atoms with Gasteiger partial charge in [-0.2, -0.15) is 4.39 Å². The third kappa shape index (κ3) is 2.59. The quantitative estimate of drug-likeness (QED) is 0.798. The zero-order chi connectivity index (χ0) is 10.7. The standard InChI is InChI=1S/C8H8ClF3N2/c9-5-1-2-14-8(12)4(5)3-6(13)7(10)11/h1-2,6-7H,3,13H2. The van der Waals surface area contributed by atoms with Gasteiger partial charge in [-0.05, 0) is 12.5 Å². The molecule has 1 aromatic heterocycles. The summed E-state index contributed by atoms with van der Waals surface area (Å²) < 4.78 is 37.1. The molecule has 0 bridgehead atoms. The van der Waals surface area contributed by atoms with E-state index in [9.17, 15) is 13.2 Å². The van der Waals surface area contributed by atoms with Gasteiger partial charge in [-0.1, -0.05) is 11.6 Å². The first kappa shape index (κ1) is 11.3. The van der Waals surface area contributed by atoms with E-state index in [4.69, 9.17) is 17.3 Å². The molecule has 1 rings (SSSR count). The highest BCUT2D eigenvalue weighted by atomic mass is 35.5. The molecule has 0 saturated carbocycles. The Labute approximate surface area is 83.9 Å². The number of pyridine rings is 1. The van der Waals surface area contributed by atoms with Crippen LogP contribution in [0.25, 0.3) is 0 Å². The highest BCUT2D eigenvalue weighted by Crippen LogP contribution is 2.19. The van der Waals surface area contributed by atoms with Crippen LogP contribution in [0, 0.1) is 5.95 Å². The van der Waals surface area contributed by atoms with Gasteiger partial charge in [-0.3, -0.25) is 0 Å². The molecular formula is C8H8ClF3N2. The highest BCUT2D eigenvalue weighted by molar-refractivity contribution is 6.31. The van der Waals surface area contributed by atoms with Gasteiger partial charge in [0.25, 0.3) is 6.43 Å². The molecule has 1 atom stereocenters. The summed E-state index contributed by atoms with van der Waals surface area (Å²) in [5.74, 6) is -0.853. The van der Waals surface area contributed by atoms with Crippen LogP contribution in [0.2, 0.25) is 5.02 Å². The van der Waals surface area contributed by atoms with Crippen LogP contribution in [-0.4, -0.2) is 17.5 Å². The van der Waals surface area contributed by atoms with Gasteiger partial charge in [-0.25, -0.2) is 13.8 Å². The van der Waals surface area contributed by atoms with Crippen LogP contribution >= 0.6 is 11.6 Å². The molecule has 1 heterocycles. The van der Waals surface area contributed by atoms with E-state index in [0.29, 0.717) is 0 Å². The molecule has 0 fully saturated rings. The van der Waals surface area contributed by atoms with Crippen molar-refractivity contribution in [2.75, 3.05) is 0 Å². The number of rotatable bonds is 3. The Hall–Kier alpha value is -0.810. The Morgan fingerprint density at radius 3 is 2.64 bits per heavy atom. The third-order valence-corrected chi connectivity index (χ3v) is 2.06. The van der Waals surface area contributed by atoms with Crippen molar-refractivity contribution in [3.8, 4) is 0 Å². The molecule has 1 unspecified atom stereocenters. The zero-order valence-electron chi connectivity index (χ0n) is 7.05. The summed E-state index contributed by atoms with van der Waals surface area (Å²) in [6.45, 7) is 0. The van der Waals surface area contributed by atoms with Crippen LogP contribution in [0.5, 0.6) is 0 Å². The molecule has 2 nitrogen and oxygen atoms in total. The lowest BCUT2D eigenvalue weighted by Gasteiger charge is -2.11. The van der Waals surface area contributed by atoms with E-state index in [0.717, 1.165) is 6.20 Å². The number of nitrogens with two attached hydrogens (primary N) is 1. The Morgan fingerprint density at radius 2 is 2.14 bits per heavy atom. The summed E-state index contributed by atoms with van der Waals surface area (Å²) in [5.41, 5.74) is 5.02. The summed E-state index contributed by atoms with van der Waals surface area (Å²) in [4.78, 5) is 3.30. The smallest absolute Gasteiger partial charge is 0.253 e. The Bertz CT molecular complexity index is 299. The van der Waals surface area contributed by atoms with Crippen LogP contribution in [0.15, 0.2) is 12.3 Å². The summed E-state index contributed by atoms with van der Waals surface area (Å²) in [6.07, 6.45) is -1.86. The average Bonchev–Trinajstić information content (AvgIpc) is 2.11. The van der Waals surface area contributed by atoms with E-state index in [2.05, 4.69) is 4.98 Å². The van der Waals surface area contributed by atoms with E-state index in [-0.39, 0.29) is 17.0 Å². The fourth-order valence-electron chi connectivity index (χ4n) is 0.952. The molecule has 0 radical (unpaired) electrons. The topological polar surface area (TPSA) is 38.9 Å². The lowest BCUT2D eigenvalue weighted by molar-refractivity contribution is 0.115. The Kier molecular flexibility index (Phi) is 3.71. The summed E-state index contributed by atoms with van der Waals surface area (Å²) in [5, 5.41) is 0.0635. The van der Waals surface area contributed by atoms with Crippen LogP contribution in [-0.2, 0) is 6.42 Å². The fraction of sp³-hybridized carbons (Fsp3) is 0.375. The van der Waals surface area contributed by atoms with Gasteiger partial charge in [0.1, 0.15) is 0 Å². The van der Waals surface area contributed by atoms with Gasteiger partial charge >= 0.3 is 0 Å². The SMILES string of the molecule is NC(Cc1c(Cl)ccnc1F)C(F)F. The maximum absolute atomic E-state index is 13.0. The molecule has 1 aromatic rings. The van der Waals surface area contributed by atoms with Crippen LogP contribution in [0.1, 0.15) is 5.56 Å². The van der Waals surface area contributed by atoms with Crippen molar-refractivity contribution < 1.29 is 13.2 Å². The number of halogens is 4. The van der Waals surface area contributed by atoms with E-state index < -0.39 is 18.4 Å². The second-order valence-electron chi connectivity index (χ2n) is 2.76. The van der Waals surface area contributed by atoms with E-state index >= 15 is 0 Å². The lowest BCUT2D eigenvalue weighted by atomic mass is 10.1. The van der Waals surface area contributed by atoms with Crippen molar-refractivity contribution >= 4 is 11.6 Å². The van der Waals surface area contributed by atoms with Crippen molar-refractivity contribution in [1.29, 1.82) is 0 Å². The Morgan fingerprint density at radius 1 is 1.50 bits per heavy atom. The molecular weight excluding hydrogens is 217 g/mol. The first-order valence-electron chi connectivity index (χ1n) is 3.85. The second kappa shape index (κ2) is 4.61. The molecule has 0 aromatic carbocycles. The maximum atomic E-state index is 13.0. The first-order chi connectivity index (χ1) is 6.52. The van der Waals surface area contributed by atoms with Crippen LogP contribution in [0.3, 0.4) is 0 Å². The largest absolute Gasteiger partial charge is 0.323 e. The van der Waals surface area contributed by atoms with Crippen LogP contribution in [0.4, 0.5) is 13.2 Å². The first-order valence-corrected chi connectivity index (χ1v) is 4.22. The molecule has 0 amide bonds. The molecule has 0 aliphatic heterocycles. The van der Waals surface area contributed by atoms with Gasteiger partial charge in [0, 0.05) is 16.8 Å². The zero-order valence-corrected chi connectivity index (χ0v) is 7.81. The van der Waals surface area contributed by atoms with Crippen molar-refractivity contribution in [2.45, 2.75) is 18.9 Å². The molecule has 0 saturated heterocycles. The van der Waals surface area contributed by atoms with Gasteiger partial charge in [0.2, 0.25) is 5.95 Å². The normalized spacial score (nSPS) is 13.3. The van der Waals surface area contributed by atoms with Gasteiger partial charge in [0.15, 0.2) is 0 Å². The predicted octanol–water partition coefficient (Wildman–Crippen LogP) is 2.01. The molecule has 78 valence electrons. The van der Waals surface area contributed by atoms with Crippen molar-refractivity contribution in [1.82, 2.24) is 4.98 Å². The van der Waals surface area contributed by atoms with Crippen molar-refractivity contribution in [3.63, 3.8) is 0 Å². The van der Waals surface area contributed by atoms with E-state index in [1.807, 2.05) is 0 Å².